The molecular formula is C17H15ClN2O2S2. The predicted molar refractivity (Wildman–Crippen MR) is 100 cm³/mol. The van der Waals surface area contributed by atoms with E-state index < -0.39 is 6.10 Å². The lowest BCUT2D eigenvalue weighted by Gasteiger charge is -2.08. The van der Waals surface area contributed by atoms with E-state index in [4.69, 9.17) is 11.6 Å². The number of benzene rings is 1. The number of amides is 2. The topological polar surface area (TPSA) is 61.4 Å². The number of carbonyl (C=O) groups excluding carboxylic acids is 1. The number of para-hydroxylation sites is 1. The van der Waals surface area contributed by atoms with E-state index in [9.17, 15) is 9.90 Å². The molecule has 2 amide bonds. The molecule has 0 saturated carbocycles. The first-order valence-electron chi connectivity index (χ1n) is 7.21. The van der Waals surface area contributed by atoms with Crippen LogP contribution in [0.25, 0.3) is 0 Å². The molecule has 1 aromatic carbocycles. The summed E-state index contributed by atoms with van der Waals surface area (Å²) in [5, 5.41) is 20.1. The first-order valence-corrected chi connectivity index (χ1v) is 9.35. The second-order valence-electron chi connectivity index (χ2n) is 5.05. The first-order chi connectivity index (χ1) is 11.6. The minimum Gasteiger partial charge on any atom is -0.383 e. The molecule has 3 rings (SSSR count). The van der Waals surface area contributed by atoms with Crippen molar-refractivity contribution in [3.8, 4) is 0 Å². The van der Waals surface area contributed by atoms with Gasteiger partial charge in [0.25, 0.3) is 0 Å². The third kappa shape index (κ3) is 4.15. The monoisotopic (exact) mass is 378 g/mol. The van der Waals surface area contributed by atoms with E-state index in [-0.39, 0.29) is 6.03 Å². The molecule has 2 aromatic heterocycles. The van der Waals surface area contributed by atoms with Crippen LogP contribution in [0, 0.1) is 0 Å². The maximum absolute atomic E-state index is 11.9. The molecule has 0 aliphatic carbocycles. The van der Waals surface area contributed by atoms with E-state index >= 15 is 0 Å². The summed E-state index contributed by atoms with van der Waals surface area (Å²) in [5.41, 5.74) is 1.45. The third-order valence-electron chi connectivity index (χ3n) is 3.36. The van der Waals surface area contributed by atoms with E-state index in [0.29, 0.717) is 17.3 Å². The summed E-state index contributed by atoms with van der Waals surface area (Å²) in [4.78, 5) is 13.8. The molecular weight excluding hydrogens is 364 g/mol. The van der Waals surface area contributed by atoms with Crippen molar-refractivity contribution in [1.29, 1.82) is 0 Å². The second kappa shape index (κ2) is 7.81. The van der Waals surface area contributed by atoms with Crippen molar-refractivity contribution in [1.82, 2.24) is 5.32 Å². The van der Waals surface area contributed by atoms with Gasteiger partial charge < -0.3 is 15.7 Å². The summed E-state index contributed by atoms with van der Waals surface area (Å²) < 4.78 is 0. The number of aliphatic hydroxyl groups excluding tert-OH is 1. The van der Waals surface area contributed by atoms with E-state index in [0.717, 1.165) is 15.3 Å². The molecule has 1 atom stereocenters. The summed E-state index contributed by atoms with van der Waals surface area (Å²) in [6, 6.07) is 12.4. The highest BCUT2D eigenvalue weighted by atomic mass is 35.5. The van der Waals surface area contributed by atoms with Crippen molar-refractivity contribution >= 4 is 46.0 Å². The molecule has 4 nitrogen and oxygen atoms in total. The van der Waals surface area contributed by atoms with Crippen LogP contribution in [-0.2, 0) is 6.54 Å². The van der Waals surface area contributed by atoms with Gasteiger partial charge in [-0.2, -0.15) is 11.3 Å². The van der Waals surface area contributed by atoms with Gasteiger partial charge in [-0.15, -0.1) is 11.3 Å². The van der Waals surface area contributed by atoms with Gasteiger partial charge in [0, 0.05) is 9.75 Å². The molecule has 124 valence electrons. The first kappa shape index (κ1) is 17.0. The SMILES string of the molecule is O=C(NCc1ccc(C(O)c2ccsc2)s1)Nc1ccccc1Cl. The number of aliphatic hydroxyl groups is 1. The van der Waals surface area contributed by atoms with Gasteiger partial charge >= 0.3 is 6.03 Å². The zero-order chi connectivity index (χ0) is 16.9. The van der Waals surface area contributed by atoms with Gasteiger partial charge in [0.05, 0.1) is 17.3 Å². The summed E-state index contributed by atoms with van der Waals surface area (Å²) >= 11 is 9.04. The standard InChI is InChI=1S/C17H15ClN2O2S2/c18-13-3-1-2-4-14(13)20-17(22)19-9-12-5-6-15(24-12)16(21)11-7-8-23-10-11/h1-8,10,16,21H,9H2,(H2,19,20,22). The second-order valence-corrected chi connectivity index (χ2v) is 7.44. The smallest absolute Gasteiger partial charge is 0.319 e. The molecule has 24 heavy (non-hydrogen) atoms. The highest BCUT2D eigenvalue weighted by molar-refractivity contribution is 7.12. The minimum atomic E-state index is -0.619. The van der Waals surface area contributed by atoms with Crippen LogP contribution in [0.3, 0.4) is 0 Å². The Hall–Kier alpha value is -1.86. The van der Waals surface area contributed by atoms with Crippen LogP contribution < -0.4 is 10.6 Å². The van der Waals surface area contributed by atoms with Gasteiger partial charge in [-0.3, -0.25) is 0 Å². The molecule has 0 aliphatic rings. The molecule has 0 bridgehead atoms. The predicted octanol–water partition coefficient (Wildman–Crippen LogP) is 4.87. The molecule has 0 saturated heterocycles. The van der Waals surface area contributed by atoms with Crippen LogP contribution in [0.15, 0.2) is 53.2 Å². The molecule has 1 unspecified atom stereocenters. The number of urea groups is 1. The van der Waals surface area contributed by atoms with Crippen molar-refractivity contribution < 1.29 is 9.90 Å². The highest BCUT2D eigenvalue weighted by Crippen LogP contribution is 2.29. The van der Waals surface area contributed by atoms with Crippen LogP contribution in [-0.4, -0.2) is 11.1 Å². The summed E-state index contributed by atoms with van der Waals surface area (Å²) in [5.74, 6) is 0. The molecule has 7 heteroatoms. The Morgan fingerprint density at radius 2 is 2.04 bits per heavy atom. The third-order valence-corrected chi connectivity index (χ3v) is 5.52. The van der Waals surface area contributed by atoms with Gasteiger partial charge in [-0.05, 0) is 46.7 Å². The molecule has 2 heterocycles. The Bertz CT molecular complexity index is 818. The summed E-state index contributed by atoms with van der Waals surface area (Å²) in [7, 11) is 0. The van der Waals surface area contributed by atoms with E-state index in [1.54, 1.807) is 35.6 Å². The van der Waals surface area contributed by atoms with Crippen molar-refractivity contribution in [3.05, 3.63) is 73.6 Å². The lowest BCUT2D eigenvalue weighted by atomic mass is 10.2. The Morgan fingerprint density at radius 3 is 2.79 bits per heavy atom. The number of carbonyl (C=O) groups is 1. The van der Waals surface area contributed by atoms with Crippen LogP contribution >= 0.6 is 34.3 Å². The Labute approximate surface area is 152 Å². The Morgan fingerprint density at radius 1 is 1.21 bits per heavy atom. The van der Waals surface area contributed by atoms with Crippen LogP contribution in [0.2, 0.25) is 5.02 Å². The molecule has 3 aromatic rings. The van der Waals surface area contributed by atoms with Crippen LogP contribution in [0.4, 0.5) is 10.5 Å². The average molecular weight is 379 g/mol. The Kier molecular flexibility index (Phi) is 5.52. The number of halogens is 1. The van der Waals surface area contributed by atoms with E-state index in [1.165, 1.54) is 11.3 Å². The number of anilines is 1. The van der Waals surface area contributed by atoms with Gasteiger partial charge in [-0.25, -0.2) is 4.79 Å². The quantitative estimate of drug-likeness (QED) is 0.593. The van der Waals surface area contributed by atoms with Gasteiger partial charge in [0.1, 0.15) is 6.10 Å². The minimum absolute atomic E-state index is 0.323. The highest BCUT2D eigenvalue weighted by Gasteiger charge is 2.13. The summed E-state index contributed by atoms with van der Waals surface area (Å²) in [6.45, 7) is 0.386. The van der Waals surface area contributed by atoms with E-state index in [2.05, 4.69) is 10.6 Å². The fourth-order valence-electron chi connectivity index (χ4n) is 2.13. The van der Waals surface area contributed by atoms with Crippen LogP contribution in [0.1, 0.15) is 21.4 Å². The van der Waals surface area contributed by atoms with Crippen molar-refractivity contribution in [3.63, 3.8) is 0 Å². The van der Waals surface area contributed by atoms with Gasteiger partial charge in [0.2, 0.25) is 0 Å². The van der Waals surface area contributed by atoms with Crippen molar-refractivity contribution in [2.24, 2.45) is 0 Å². The van der Waals surface area contributed by atoms with Gasteiger partial charge in [-0.1, -0.05) is 23.7 Å². The Balaban J connectivity index is 1.55. The number of thiophene rings is 2. The maximum atomic E-state index is 11.9. The number of hydrogen-bond donors (Lipinski definition) is 3. The molecule has 0 fully saturated rings. The van der Waals surface area contributed by atoms with Crippen LogP contribution in [0.5, 0.6) is 0 Å². The van der Waals surface area contributed by atoms with Gasteiger partial charge in [0.15, 0.2) is 0 Å². The number of hydrogen-bond acceptors (Lipinski definition) is 4. The zero-order valence-electron chi connectivity index (χ0n) is 12.5. The van der Waals surface area contributed by atoms with Crippen molar-refractivity contribution in [2.75, 3.05) is 5.32 Å². The molecule has 3 N–H and O–H groups in total. The fraction of sp³-hybridized carbons (Fsp3) is 0.118. The lowest BCUT2D eigenvalue weighted by molar-refractivity contribution is 0.224. The molecule has 0 radical (unpaired) electrons. The molecule has 0 spiro atoms. The molecule has 0 aliphatic heterocycles. The van der Waals surface area contributed by atoms with Crippen molar-refractivity contribution in [2.45, 2.75) is 12.6 Å². The average Bonchev–Trinajstić information content (AvgIpc) is 3.26. The lowest BCUT2D eigenvalue weighted by Crippen LogP contribution is -2.27. The number of rotatable bonds is 5. The number of nitrogens with one attached hydrogen (secondary N) is 2. The maximum Gasteiger partial charge on any atom is 0.319 e. The normalized spacial score (nSPS) is 11.9. The van der Waals surface area contributed by atoms with E-state index in [1.807, 2.05) is 29.0 Å². The zero-order valence-corrected chi connectivity index (χ0v) is 14.9. The summed E-state index contributed by atoms with van der Waals surface area (Å²) in [6.07, 6.45) is -0.619. The fourth-order valence-corrected chi connectivity index (χ4v) is 3.96. The largest absolute Gasteiger partial charge is 0.383 e.